The van der Waals surface area contributed by atoms with Gasteiger partial charge in [0.15, 0.2) is 0 Å². The van der Waals surface area contributed by atoms with E-state index in [0.29, 0.717) is 12.6 Å². The monoisotopic (exact) mass is 305 g/mol. The van der Waals surface area contributed by atoms with Gasteiger partial charge in [-0.3, -0.25) is 0 Å². The fraction of sp³-hybridized carbons (Fsp3) is 0.765. The van der Waals surface area contributed by atoms with Crippen molar-refractivity contribution >= 4 is 6.09 Å². The van der Waals surface area contributed by atoms with Crippen molar-refractivity contribution in [2.24, 2.45) is 11.8 Å². The Kier molecular flexibility index (Phi) is 4.15. The molecule has 0 unspecified atom stereocenters. The Morgan fingerprint density at radius 2 is 2.00 bits per heavy atom. The van der Waals surface area contributed by atoms with Crippen LogP contribution in [0.4, 0.5) is 4.79 Å². The first-order valence-electron chi connectivity index (χ1n) is 8.41. The Labute approximate surface area is 132 Å². The summed E-state index contributed by atoms with van der Waals surface area (Å²) in [6.45, 7) is 6.20. The molecule has 1 aromatic rings. The molecule has 5 nitrogen and oxygen atoms in total. The van der Waals surface area contributed by atoms with Gasteiger partial charge in [0.25, 0.3) is 0 Å². The first-order chi connectivity index (χ1) is 10.4. The van der Waals surface area contributed by atoms with Crippen molar-refractivity contribution in [2.45, 2.75) is 64.5 Å². The number of imidazole rings is 1. The summed E-state index contributed by atoms with van der Waals surface area (Å²) in [4.78, 5) is 16.0. The van der Waals surface area contributed by atoms with E-state index < -0.39 is 5.60 Å². The molecule has 0 saturated heterocycles. The minimum Gasteiger partial charge on any atom is -0.444 e. The van der Waals surface area contributed by atoms with E-state index in [9.17, 15) is 4.79 Å². The molecule has 122 valence electrons. The SMILES string of the molecule is CC(C)(C)OC(=O)NCCc1cncn1C(C1CC1)C1CC1. The summed E-state index contributed by atoms with van der Waals surface area (Å²) < 4.78 is 7.63. The van der Waals surface area contributed by atoms with Gasteiger partial charge in [-0.1, -0.05) is 0 Å². The maximum absolute atomic E-state index is 11.7. The number of nitrogens with zero attached hydrogens (tertiary/aromatic N) is 2. The number of alkyl carbamates (subject to hydrolysis) is 1. The van der Waals surface area contributed by atoms with Crippen LogP contribution >= 0.6 is 0 Å². The van der Waals surface area contributed by atoms with E-state index in [-0.39, 0.29) is 6.09 Å². The molecule has 3 rings (SSSR count). The summed E-state index contributed by atoms with van der Waals surface area (Å²) in [6.07, 6.45) is 9.79. The average Bonchev–Trinajstić information content (AvgIpc) is 3.29. The standard InChI is InChI=1S/C17H27N3O2/c1-17(2,3)22-16(21)19-9-8-14-10-18-11-20(14)15(12-4-5-12)13-6-7-13/h10-13,15H,4-9H2,1-3H3,(H,19,21). The van der Waals surface area contributed by atoms with E-state index in [1.807, 2.05) is 33.3 Å². The summed E-state index contributed by atoms with van der Waals surface area (Å²) in [5, 5.41) is 2.83. The lowest BCUT2D eigenvalue weighted by Gasteiger charge is -2.21. The number of ether oxygens (including phenoxy) is 1. The maximum atomic E-state index is 11.7. The zero-order valence-electron chi connectivity index (χ0n) is 13.8. The second kappa shape index (κ2) is 5.94. The van der Waals surface area contributed by atoms with Gasteiger partial charge in [-0.25, -0.2) is 9.78 Å². The largest absolute Gasteiger partial charge is 0.444 e. The predicted octanol–water partition coefficient (Wildman–Crippen LogP) is 3.31. The van der Waals surface area contributed by atoms with Gasteiger partial charge < -0.3 is 14.6 Å². The van der Waals surface area contributed by atoms with Crippen molar-refractivity contribution in [2.75, 3.05) is 6.54 Å². The first kappa shape index (κ1) is 15.4. The third-order valence-electron chi connectivity index (χ3n) is 4.33. The van der Waals surface area contributed by atoms with Crippen LogP contribution in [0, 0.1) is 11.8 Å². The predicted molar refractivity (Wildman–Crippen MR) is 84.7 cm³/mol. The highest BCUT2D eigenvalue weighted by molar-refractivity contribution is 5.67. The maximum Gasteiger partial charge on any atom is 0.407 e. The van der Waals surface area contributed by atoms with Gasteiger partial charge in [-0.15, -0.1) is 0 Å². The summed E-state index contributed by atoms with van der Waals surface area (Å²) >= 11 is 0. The van der Waals surface area contributed by atoms with E-state index >= 15 is 0 Å². The molecule has 0 atom stereocenters. The molecule has 22 heavy (non-hydrogen) atoms. The second-order valence-corrected chi connectivity index (χ2v) is 7.64. The van der Waals surface area contributed by atoms with Gasteiger partial charge >= 0.3 is 6.09 Å². The van der Waals surface area contributed by atoms with Gasteiger partial charge in [0.1, 0.15) is 5.60 Å². The smallest absolute Gasteiger partial charge is 0.407 e. The number of nitrogens with one attached hydrogen (secondary N) is 1. The fourth-order valence-electron chi connectivity index (χ4n) is 3.12. The Morgan fingerprint density at radius 3 is 2.55 bits per heavy atom. The number of hydrogen-bond donors (Lipinski definition) is 1. The van der Waals surface area contributed by atoms with E-state index in [0.717, 1.165) is 18.3 Å². The van der Waals surface area contributed by atoms with Crippen LogP contribution in [0.15, 0.2) is 12.5 Å². The van der Waals surface area contributed by atoms with Gasteiger partial charge in [-0.05, 0) is 58.3 Å². The molecule has 0 aromatic carbocycles. The highest BCUT2D eigenvalue weighted by atomic mass is 16.6. The van der Waals surface area contributed by atoms with E-state index in [1.54, 1.807) is 0 Å². The van der Waals surface area contributed by atoms with E-state index in [2.05, 4.69) is 14.9 Å². The lowest BCUT2D eigenvalue weighted by atomic mass is 10.1. The summed E-state index contributed by atoms with van der Waals surface area (Å²) in [5.41, 5.74) is 0.773. The summed E-state index contributed by atoms with van der Waals surface area (Å²) in [7, 11) is 0. The molecule has 0 radical (unpaired) electrons. The molecule has 2 fully saturated rings. The topological polar surface area (TPSA) is 56.1 Å². The van der Waals surface area contributed by atoms with Crippen molar-refractivity contribution in [1.82, 2.24) is 14.9 Å². The molecule has 2 aliphatic rings. The Morgan fingerprint density at radius 1 is 1.36 bits per heavy atom. The van der Waals surface area contributed by atoms with Crippen molar-refractivity contribution in [3.05, 3.63) is 18.2 Å². The van der Waals surface area contributed by atoms with Crippen LogP contribution in [0.5, 0.6) is 0 Å². The Bertz CT molecular complexity index is 512. The summed E-state index contributed by atoms with van der Waals surface area (Å²) in [6, 6.07) is 0.638. The first-order valence-corrected chi connectivity index (χ1v) is 8.41. The molecule has 2 aliphatic carbocycles. The van der Waals surface area contributed by atoms with Crippen LogP contribution in [0.1, 0.15) is 58.2 Å². The quantitative estimate of drug-likeness (QED) is 0.877. The molecule has 5 heteroatoms. The van der Waals surface area contributed by atoms with E-state index in [1.165, 1.54) is 31.4 Å². The van der Waals surface area contributed by atoms with Gasteiger partial charge in [0.05, 0.1) is 6.33 Å². The van der Waals surface area contributed by atoms with Gasteiger partial charge in [0.2, 0.25) is 0 Å². The minimum absolute atomic E-state index is 0.348. The van der Waals surface area contributed by atoms with Crippen molar-refractivity contribution in [3.63, 3.8) is 0 Å². The Balaban J connectivity index is 1.53. The molecule has 1 aromatic heterocycles. The molecule has 2 saturated carbocycles. The van der Waals surface area contributed by atoms with Crippen molar-refractivity contribution in [1.29, 1.82) is 0 Å². The number of carbonyl (C=O) groups is 1. The van der Waals surface area contributed by atoms with Crippen molar-refractivity contribution < 1.29 is 9.53 Å². The molecular weight excluding hydrogens is 278 g/mol. The highest BCUT2D eigenvalue weighted by Gasteiger charge is 2.42. The normalized spacial score (nSPS) is 18.5. The zero-order valence-corrected chi connectivity index (χ0v) is 13.8. The van der Waals surface area contributed by atoms with Crippen LogP contribution in [-0.2, 0) is 11.2 Å². The van der Waals surface area contributed by atoms with E-state index in [4.69, 9.17) is 4.74 Å². The van der Waals surface area contributed by atoms with Gasteiger partial charge in [-0.2, -0.15) is 0 Å². The number of hydrogen-bond acceptors (Lipinski definition) is 3. The molecule has 1 heterocycles. The average molecular weight is 305 g/mol. The van der Waals surface area contributed by atoms with Gasteiger partial charge in [0, 0.05) is 30.9 Å². The lowest BCUT2D eigenvalue weighted by Crippen LogP contribution is -2.33. The fourth-order valence-corrected chi connectivity index (χ4v) is 3.12. The number of rotatable bonds is 6. The highest BCUT2D eigenvalue weighted by Crippen LogP contribution is 2.52. The Hall–Kier alpha value is -1.52. The minimum atomic E-state index is -0.450. The van der Waals surface area contributed by atoms with Crippen LogP contribution in [0.2, 0.25) is 0 Å². The van der Waals surface area contributed by atoms with Crippen molar-refractivity contribution in [3.8, 4) is 0 Å². The zero-order chi connectivity index (χ0) is 15.7. The van der Waals surface area contributed by atoms with Crippen LogP contribution in [0.25, 0.3) is 0 Å². The number of amides is 1. The second-order valence-electron chi connectivity index (χ2n) is 7.64. The molecule has 0 aliphatic heterocycles. The molecule has 1 amide bonds. The van der Waals surface area contributed by atoms with Crippen LogP contribution in [0.3, 0.4) is 0 Å². The number of carbonyl (C=O) groups excluding carboxylic acids is 1. The molecule has 0 bridgehead atoms. The third kappa shape index (κ3) is 4.02. The third-order valence-corrected chi connectivity index (χ3v) is 4.33. The molecular formula is C17H27N3O2. The molecule has 1 N–H and O–H groups in total. The van der Waals surface area contributed by atoms with Crippen LogP contribution in [-0.4, -0.2) is 27.8 Å². The van der Waals surface area contributed by atoms with Crippen LogP contribution < -0.4 is 5.32 Å². The summed E-state index contributed by atoms with van der Waals surface area (Å²) in [5.74, 6) is 1.69. The number of aromatic nitrogens is 2. The molecule has 0 spiro atoms. The lowest BCUT2D eigenvalue weighted by molar-refractivity contribution is 0.0528.